The van der Waals surface area contributed by atoms with E-state index in [0.717, 1.165) is 43.4 Å². The van der Waals surface area contributed by atoms with Crippen molar-refractivity contribution in [1.82, 2.24) is 19.7 Å². The molecule has 0 unspecified atom stereocenters. The van der Waals surface area contributed by atoms with Crippen LogP contribution in [-0.2, 0) is 14.6 Å². The maximum atomic E-state index is 11.8. The van der Waals surface area contributed by atoms with Gasteiger partial charge in [0.1, 0.15) is 0 Å². The van der Waals surface area contributed by atoms with Gasteiger partial charge in [0.25, 0.3) is 0 Å². The molecular formula is C15H20N4O3S. The number of aromatic nitrogens is 4. The SMILES string of the molecule is O=S1(=O)CC[C@H](n2nc(C3CCOCC3)nc2-c2ccc[nH]2)C1. The van der Waals surface area contributed by atoms with E-state index in [2.05, 4.69) is 4.98 Å². The molecule has 0 spiro atoms. The molecule has 0 bridgehead atoms. The minimum atomic E-state index is -2.96. The number of hydrogen-bond donors (Lipinski definition) is 1. The number of hydrogen-bond acceptors (Lipinski definition) is 5. The normalized spacial score (nSPS) is 25.0. The van der Waals surface area contributed by atoms with Crippen LogP contribution in [0.4, 0.5) is 0 Å². The highest BCUT2D eigenvalue weighted by molar-refractivity contribution is 7.91. The third kappa shape index (κ3) is 2.92. The number of nitrogens with zero attached hydrogens (tertiary/aromatic N) is 3. The first-order chi connectivity index (χ1) is 11.1. The molecule has 4 rings (SSSR count). The first-order valence-electron chi connectivity index (χ1n) is 8.01. The molecular weight excluding hydrogens is 316 g/mol. The predicted octanol–water partition coefficient (Wildman–Crippen LogP) is 1.53. The topological polar surface area (TPSA) is 89.9 Å². The molecule has 2 aliphatic rings. The minimum Gasteiger partial charge on any atom is -0.381 e. The predicted molar refractivity (Wildman–Crippen MR) is 84.9 cm³/mol. The smallest absolute Gasteiger partial charge is 0.175 e. The molecule has 0 amide bonds. The van der Waals surface area contributed by atoms with Crippen LogP contribution in [0.3, 0.4) is 0 Å². The molecule has 2 fully saturated rings. The summed E-state index contributed by atoms with van der Waals surface area (Å²) in [5, 5.41) is 4.70. The number of ether oxygens (including phenoxy) is 1. The summed E-state index contributed by atoms with van der Waals surface area (Å²) in [6.07, 6.45) is 4.27. The highest BCUT2D eigenvalue weighted by Crippen LogP contribution is 2.31. The van der Waals surface area contributed by atoms with Crippen molar-refractivity contribution in [1.29, 1.82) is 0 Å². The van der Waals surface area contributed by atoms with Crippen molar-refractivity contribution in [2.45, 2.75) is 31.2 Å². The van der Waals surface area contributed by atoms with Crippen LogP contribution in [0, 0.1) is 0 Å². The highest BCUT2D eigenvalue weighted by Gasteiger charge is 2.33. The fraction of sp³-hybridized carbons (Fsp3) is 0.600. The van der Waals surface area contributed by atoms with E-state index >= 15 is 0 Å². The van der Waals surface area contributed by atoms with E-state index in [4.69, 9.17) is 14.8 Å². The lowest BCUT2D eigenvalue weighted by Crippen LogP contribution is -2.17. The molecule has 0 radical (unpaired) electrons. The van der Waals surface area contributed by atoms with Crippen LogP contribution in [0.1, 0.15) is 37.0 Å². The number of H-pyrrole nitrogens is 1. The summed E-state index contributed by atoms with van der Waals surface area (Å²) in [4.78, 5) is 7.90. The zero-order valence-electron chi connectivity index (χ0n) is 12.8. The average Bonchev–Trinajstić information content (AvgIpc) is 3.25. The monoisotopic (exact) mass is 336 g/mol. The Labute approximate surface area is 135 Å². The Morgan fingerprint density at radius 1 is 1.26 bits per heavy atom. The van der Waals surface area contributed by atoms with E-state index in [1.807, 2.05) is 23.0 Å². The lowest BCUT2D eigenvalue weighted by molar-refractivity contribution is 0.0835. The van der Waals surface area contributed by atoms with Crippen molar-refractivity contribution in [2.24, 2.45) is 0 Å². The number of sulfone groups is 1. The summed E-state index contributed by atoms with van der Waals surface area (Å²) in [6.45, 7) is 1.46. The number of aromatic amines is 1. The standard InChI is InChI=1S/C15H20N4O3S/c20-23(21)9-5-12(10-23)19-15(13-2-1-6-16-13)17-14(18-19)11-3-7-22-8-4-11/h1-2,6,11-12,16H,3-5,7-10H2/t12-/m0/s1. The lowest BCUT2D eigenvalue weighted by Gasteiger charge is -2.19. The Balaban J connectivity index is 1.72. The Bertz CT molecular complexity index is 776. The summed E-state index contributed by atoms with van der Waals surface area (Å²) < 4.78 is 30.9. The highest BCUT2D eigenvalue weighted by atomic mass is 32.2. The molecule has 2 saturated heterocycles. The molecule has 1 N–H and O–H groups in total. The van der Waals surface area contributed by atoms with E-state index < -0.39 is 9.84 Å². The molecule has 7 nitrogen and oxygen atoms in total. The molecule has 8 heteroatoms. The van der Waals surface area contributed by atoms with Crippen LogP contribution < -0.4 is 0 Å². The number of rotatable bonds is 3. The summed E-state index contributed by atoms with van der Waals surface area (Å²) in [7, 11) is -2.96. The molecule has 0 saturated carbocycles. The maximum absolute atomic E-state index is 11.8. The molecule has 23 heavy (non-hydrogen) atoms. The van der Waals surface area contributed by atoms with Gasteiger partial charge in [0.05, 0.1) is 23.2 Å². The molecule has 0 aromatic carbocycles. The summed E-state index contributed by atoms with van der Waals surface area (Å²) >= 11 is 0. The summed E-state index contributed by atoms with van der Waals surface area (Å²) in [5.74, 6) is 2.21. The zero-order valence-corrected chi connectivity index (χ0v) is 13.6. The van der Waals surface area contributed by atoms with Crippen LogP contribution in [-0.4, -0.2) is 52.9 Å². The van der Waals surface area contributed by atoms with Gasteiger partial charge >= 0.3 is 0 Å². The second-order valence-electron chi connectivity index (χ2n) is 6.27. The van der Waals surface area contributed by atoms with Gasteiger partial charge in [-0.2, -0.15) is 5.10 Å². The second-order valence-corrected chi connectivity index (χ2v) is 8.49. The van der Waals surface area contributed by atoms with Crippen LogP contribution in [0.25, 0.3) is 11.5 Å². The van der Waals surface area contributed by atoms with E-state index in [0.29, 0.717) is 6.42 Å². The van der Waals surface area contributed by atoms with Crippen molar-refractivity contribution in [2.75, 3.05) is 24.7 Å². The quantitative estimate of drug-likeness (QED) is 0.918. The lowest BCUT2D eigenvalue weighted by atomic mass is 10.00. The van der Waals surface area contributed by atoms with Gasteiger partial charge in [-0.1, -0.05) is 0 Å². The first kappa shape index (κ1) is 14.9. The molecule has 1 atom stereocenters. The molecule has 2 aliphatic heterocycles. The van der Waals surface area contributed by atoms with Crippen molar-refractivity contribution in [3.05, 3.63) is 24.2 Å². The van der Waals surface area contributed by atoms with Gasteiger partial charge in [-0.05, 0) is 31.4 Å². The van der Waals surface area contributed by atoms with E-state index in [-0.39, 0.29) is 23.5 Å². The van der Waals surface area contributed by atoms with Crippen molar-refractivity contribution < 1.29 is 13.2 Å². The molecule has 2 aromatic rings. The fourth-order valence-electron chi connectivity index (χ4n) is 3.34. The first-order valence-corrected chi connectivity index (χ1v) is 9.83. The van der Waals surface area contributed by atoms with Gasteiger partial charge in [-0.25, -0.2) is 18.1 Å². The van der Waals surface area contributed by atoms with Gasteiger partial charge in [0.2, 0.25) is 0 Å². The average molecular weight is 336 g/mol. The Morgan fingerprint density at radius 3 is 2.74 bits per heavy atom. The van der Waals surface area contributed by atoms with Crippen LogP contribution in [0.5, 0.6) is 0 Å². The molecule has 124 valence electrons. The van der Waals surface area contributed by atoms with Gasteiger partial charge in [-0.15, -0.1) is 0 Å². The number of nitrogens with one attached hydrogen (secondary N) is 1. The zero-order chi connectivity index (χ0) is 15.9. The van der Waals surface area contributed by atoms with E-state index in [9.17, 15) is 8.42 Å². The van der Waals surface area contributed by atoms with Gasteiger partial charge in [0.15, 0.2) is 21.5 Å². The van der Waals surface area contributed by atoms with Gasteiger partial charge in [0, 0.05) is 25.3 Å². The largest absolute Gasteiger partial charge is 0.381 e. The molecule has 2 aromatic heterocycles. The third-order valence-corrected chi connectivity index (χ3v) is 6.38. The van der Waals surface area contributed by atoms with Gasteiger partial charge < -0.3 is 9.72 Å². The van der Waals surface area contributed by atoms with Crippen molar-refractivity contribution >= 4 is 9.84 Å². The Morgan fingerprint density at radius 2 is 2.09 bits per heavy atom. The van der Waals surface area contributed by atoms with Crippen molar-refractivity contribution in [3.63, 3.8) is 0 Å². The second kappa shape index (κ2) is 5.76. The maximum Gasteiger partial charge on any atom is 0.175 e. The van der Waals surface area contributed by atoms with E-state index in [1.54, 1.807) is 0 Å². The van der Waals surface area contributed by atoms with Gasteiger partial charge in [-0.3, -0.25) is 0 Å². The fourth-order valence-corrected chi connectivity index (χ4v) is 5.04. The summed E-state index contributed by atoms with van der Waals surface area (Å²) in [5.41, 5.74) is 0.875. The Kier molecular flexibility index (Phi) is 3.73. The van der Waals surface area contributed by atoms with Crippen LogP contribution in [0.15, 0.2) is 18.3 Å². The molecule has 4 heterocycles. The van der Waals surface area contributed by atoms with Crippen LogP contribution >= 0.6 is 0 Å². The Hall–Kier alpha value is -1.67. The minimum absolute atomic E-state index is 0.126. The van der Waals surface area contributed by atoms with Crippen LogP contribution in [0.2, 0.25) is 0 Å². The third-order valence-electron chi connectivity index (χ3n) is 4.63. The summed E-state index contributed by atoms with van der Waals surface area (Å²) in [6, 6.07) is 3.73. The van der Waals surface area contributed by atoms with Crippen molar-refractivity contribution in [3.8, 4) is 11.5 Å². The van der Waals surface area contributed by atoms with E-state index in [1.165, 1.54) is 0 Å². The molecule has 0 aliphatic carbocycles.